The fourth-order valence-corrected chi connectivity index (χ4v) is 6.60. The normalized spacial score (nSPS) is 11.1. The number of hydrogen-bond acceptors (Lipinski definition) is 4. The second-order valence-electron chi connectivity index (χ2n) is 12.0. The second-order valence-corrected chi connectivity index (χ2v) is 12.0. The van der Waals surface area contributed by atoms with Crippen LogP contribution in [-0.2, 0) is 0 Å². The average molecular weight is 614 g/mol. The summed E-state index contributed by atoms with van der Waals surface area (Å²) in [5.41, 5.74) is 12.9. The fourth-order valence-electron chi connectivity index (χ4n) is 6.60. The van der Waals surface area contributed by atoms with E-state index in [-0.39, 0.29) is 0 Å². The number of fused-ring (bicyclic) bond motifs is 5. The number of pyridine rings is 1. The third-order valence-electron chi connectivity index (χ3n) is 8.74. The largest absolute Gasteiger partial charge is 0.247 e. The van der Waals surface area contributed by atoms with Crippen LogP contribution in [0.3, 0.4) is 0 Å². The Balaban J connectivity index is 1.59. The van der Waals surface area contributed by atoms with Gasteiger partial charge in [0.15, 0.2) is 5.69 Å². The quantitative estimate of drug-likeness (QED) is 0.146. The molecule has 5 heteroatoms. The molecule has 2 aromatic heterocycles. The molecule has 48 heavy (non-hydrogen) atoms. The van der Waals surface area contributed by atoms with Gasteiger partial charge in [-0.25, -0.2) is 19.8 Å². The molecule has 6 aromatic carbocycles. The van der Waals surface area contributed by atoms with Crippen molar-refractivity contribution < 1.29 is 0 Å². The van der Waals surface area contributed by atoms with E-state index in [2.05, 4.69) is 67.2 Å². The zero-order valence-electron chi connectivity index (χ0n) is 26.4. The number of nitrogens with zero attached hydrogens (tertiary/aromatic N) is 5. The fraction of sp³-hybridized carbons (Fsp3) is 0.0465. The van der Waals surface area contributed by atoms with Crippen LogP contribution in [0.25, 0.3) is 82.5 Å². The number of aromatic nitrogens is 3. The summed E-state index contributed by atoms with van der Waals surface area (Å²) in [4.78, 5) is 19.8. The first-order valence-corrected chi connectivity index (χ1v) is 15.7. The van der Waals surface area contributed by atoms with Crippen molar-refractivity contribution in [2.45, 2.75) is 13.8 Å². The minimum Gasteiger partial charge on any atom is -0.247 e. The van der Waals surface area contributed by atoms with E-state index in [1.54, 1.807) is 0 Å². The minimum absolute atomic E-state index is 0.557. The Kier molecular flexibility index (Phi) is 6.94. The Labute approximate surface area is 278 Å². The van der Waals surface area contributed by atoms with Gasteiger partial charge in [0.1, 0.15) is 0 Å². The molecule has 0 aliphatic rings. The predicted octanol–water partition coefficient (Wildman–Crippen LogP) is 11.0. The van der Waals surface area contributed by atoms with Crippen LogP contribution in [0.1, 0.15) is 16.7 Å². The Morgan fingerprint density at radius 3 is 1.83 bits per heavy atom. The second kappa shape index (κ2) is 11.6. The van der Waals surface area contributed by atoms with Gasteiger partial charge in [-0.15, -0.1) is 0 Å². The third kappa shape index (κ3) is 4.92. The maximum Gasteiger partial charge on any atom is 0.187 e. The molecule has 8 rings (SSSR count). The molecular weight excluding hydrogens is 587 g/mol. The lowest BCUT2D eigenvalue weighted by Crippen LogP contribution is -2.00. The molecule has 0 fully saturated rings. The van der Waals surface area contributed by atoms with E-state index in [1.165, 1.54) is 0 Å². The van der Waals surface area contributed by atoms with E-state index in [9.17, 15) is 5.26 Å². The van der Waals surface area contributed by atoms with Crippen molar-refractivity contribution in [1.29, 1.82) is 5.26 Å². The molecule has 0 unspecified atom stereocenters. The van der Waals surface area contributed by atoms with Crippen LogP contribution in [0.2, 0.25) is 0 Å². The highest BCUT2D eigenvalue weighted by Crippen LogP contribution is 2.43. The molecule has 0 spiro atoms. The molecule has 0 N–H and O–H groups in total. The van der Waals surface area contributed by atoms with Crippen molar-refractivity contribution in [2.24, 2.45) is 0 Å². The lowest BCUT2D eigenvalue weighted by molar-refractivity contribution is 1.30. The smallest absolute Gasteiger partial charge is 0.187 e. The van der Waals surface area contributed by atoms with Crippen LogP contribution >= 0.6 is 0 Å². The SMILES string of the molecule is [C-]#[N+]c1ccc(-c2nc3c(-c4cc(C)cc(C)c4)cc4c(-c5ccccc5)nc5ccccc5c4c3nc2-c2ccc(C#N)cc2)cc1. The minimum atomic E-state index is 0.557. The summed E-state index contributed by atoms with van der Waals surface area (Å²) in [6.45, 7) is 11.7. The highest BCUT2D eigenvalue weighted by atomic mass is 14.8. The molecule has 8 aromatic rings. The molecule has 0 radical (unpaired) electrons. The lowest BCUT2D eigenvalue weighted by atomic mass is 9.92. The number of hydrogen-bond donors (Lipinski definition) is 0. The third-order valence-corrected chi connectivity index (χ3v) is 8.74. The van der Waals surface area contributed by atoms with Gasteiger partial charge in [0.2, 0.25) is 0 Å². The van der Waals surface area contributed by atoms with Crippen LogP contribution in [0.15, 0.2) is 127 Å². The molecule has 224 valence electrons. The van der Waals surface area contributed by atoms with Gasteiger partial charge in [-0.3, -0.25) is 0 Å². The summed E-state index contributed by atoms with van der Waals surface area (Å²) in [6.07, 6.45) is 0. The first-order valence-electron chi connectivity index (χ1n) is 15.7. The zero-order valence-corrected chi connectivity index (χ0v) is 26.4. The first-order chi connectivity index (χ1) is 23.5. The van der Waals surface area contributed by atoms with Gasteiger partial charge in [-0.2, -0.15) is 5.26 Å². The van der Waals surface area contributed by atoms with Crippen LogP contribution in [0, 0.1) is 31.8 Å². The maximum absolute atomic E-state index is 9.53. The number of nitriles is 1. The van der Waals surface area contributed by atoms with E-state index in [4.69, 9.17) is 21.5 Å². The van der Waals surface area contributed by atoms with Crippen molar-refractivity contribution in [3.63, 3.8) is 0 Å². The number of rotatable bonds is 4. The Morgan fingerprint density at radius 1 is 0.562 bits per heavy atom. The van der Waals surface area contributed by atoms with Gasteiger partial charge in [-0.1, -0.05) is 114 Å². The van der Waals surface area contributed by atoms with Crippen molar-refractivity contribution in [2.75, 3.05) is 0 Å². The number of aryl methyl sites for hydroxylation is 2. The van der Waals surface area contributed by atoms with Gasteiger partial charge in [0.25, 0.3) is 0 Å². The van der Waals surface area contributed by atoms with Crippen molar-refractivity contribution >= 4 is 38.4 Å². The van der Waals surface area contributed by atoms with E-state index in [0.717, 1.165) is 77.3 Å². The molecule has 0 aliphatic heterocycles. The van der Waals surface area contributed by atoms with Crippen molar-refractivity contribution in [3.05, 3.63) is 156 Å². The standard InChI is InChI=1S/C43H27N5/c1-26-21-27(2)23-32(22-26)35-24-36-38(34-11-7-8-12-37(34)46-39(36)29-9-5-4-6-10-29)43-42(35)47-40(31-17-19-33(45-3)20-18-31)41(48-43)30-15-13-28(25-44)14-16-30/h4-24H,1-2H3. The summed E-state index contributed by atoms with van der Waals surface area (Å²) in [5.74, 6) is 0. The molecular formula is C43H27N5. The average Bonchev–Trinajstić information content (AvgIpc) is 3.13. The Hall–Kier alpha value is -6.69. The van der Waals surface area contributed by atoms with Gasteiger partial charge >= 0.3 is 0 Å². The Morgan fingerprint density at radius 2 is 1.17 bits per heavy atom. The first kappa shape index (κ1) is 28.8. The molecule has 0 saturated carbocycles. The highest BCUT2D eigenvalue weighted by molar-refractivity contribution is 6.24. The maximum atomic E-state index is 9.53. The molecule has 0 bridgehead atoms. The summed E-state index contributed by atoms with van der Waals surface area (Å²) >= 11 is 0. The van der Waals surface area contributed by atoms with Crippen molar-refractivity contribution in [1.82, 2.24) is 15.0 Å². The van der Waals surface area contributed by atoms with Crippen molar-refractivity contribution in [3.8, 4) is 51.0 Å². The summed E-state index contributed by atoms with van der Waals surface area (Å²) < 4.78 is 0. The predicted molar refractivity (Wildman–Crippen MR) is 195 cm³/mol. The molecule has 5 nitrogen and oxygen atoms in total. The van der Waals surface area contributed by atoms with E-state index in [1.807, 2.05) is 84.9 Å². The number of para-hydroxylation sites is 1. The van der Waals surface area contributed by atoms with E-state index in [0.29, 0.717) is 22.6 Å². The Bertz CT molecular complexity index is 2610. The topological polar surface area (TPSA) is 66.8 Å². The van der Waals surface area contributed by atoms with Crippen LogP contribution in [-0.4, -0.2) is 15.0 Å². The number of benzene rings is 6. The van der Waals surface area contributed by atoms with Crippen LogP contribution in [0.4, 0.5) is 5.69 Å². The zero-order chi connectivity index (χ0) is 32.8. The van der Waals surface area contributed by atoms with Gasteiger partial charge in [0, 0.05) is 32.8 Å². The van der Waals surface area contributed by atoms with Gasteiger partial charge in [-0.05, 0) is 49.2 Å². The van der Waals surface area contributed by atoms with Gasteiger partial charge in [0.05, 0.1) is 51.8 Å². The monoisotopic (exact) mass is 613 g/mol. The van der Waals surface area contributed by atoms with Crippen LogP contribution < -0.4 is 0 Å². The van der Waals surface area contributed by atoms with Crippen LogP contribution in [0.5, 0.6) is 0 Å². The highest BCUT2D eigenvalue weighted by Gasteiger charge is 2.22. The molecule has 0 amide bonds. The van der Waals surface area contributed by atoms with E-state index < -0.39 is 0 Å². The molecule has 0 atom stereocenters. The van der Waals surface area contributed by atoms with E-state index >= 15 is 0 Å². The summed E-state index contributed by atoms with van der Waals surface area (Å²) in [6, 6.07) is 44.5. The molecule has 0 aliphatic carbocycles. The summed E-state index contributed by atoms with van der Waals surface area (Å²) in [7, 11) is 0. The molecule has 0 saturated heterocycles. The lowest BCUT2D eigenvalue weighted by Gasteiger charge is -2.18. The van der Waals surface area contributed by atoms with Gasteiger partial charge < -0.3 is 0 Å². The summed E-state index contributed by atoms with van der Waals surface area (Å²) in [5, 5.41) is 12.5. The molecule has 2 heterocycles.